The molecule has 1 amide bonds. The Hall–Kier alpha value is -1.65. The van der Waals surface area contributed by atoms with Gasteiger partial charge in [0.2, 0.25) is 5.95 Å². The SMILES string of the molecule is CC(C)CC1CCN(c2ncc(C(=O)NC(C)C)cn2)CC1.[HH]. The number of aromatic nitrogens is 2. The van der Waals surface area contributed by atoms with Gasteiger partial charge in [-0.25, -0.2) is 9.97 Å². The summed E-state index contributed by atoms with van der Waals surface area (Å²) in [7, 11) is 0. The Morgan fingerprint density at radius 2 is 1.86 bits per heavy atom. The first kappa shape index (κ1) is 16.7. The van der Waals surface area contributed by atoms with Crippen LogP contribution >= 0.6 is 0 Å². The summed E-state index contributed by atoms with van der Waals surface area (Å²) in [5.41, 5.74) is 0.521. The van der Waals surface area contributed by atoms with Gasteiger partial charge in [-0.05, 0) is 44.9 Å². The molecule has 0 unspecified atom stereocenters. The maximum absolute atomic E-state index is 11.9. The van der Waals surface area contributed by atoms with Crippen molar-refractivity contribution in [2.45, 2.75) is 53.0 Å². The Morgan fingerprint density at radius 1 is 1.27 bits per heavy atom. The number of rotatable bonds is 5. The molecule has 1 aliphatic heterocycles. The van der Waals surface area contributed by atoms with Crippen LogP contribution in [0.3, 0.4) is 0 Å². The molecule has 1 fully saturated rings. The largest absolute Gasteiger partial charge is 0.350 e. The van der Waals surface area contributed by atoms with Crippen LogP contribution in [0, 0.1) is 11.8 Å². The van der Waals surface area contributed by atoms with Crippen molar-refractivity contribution in [2.75, 3.05) is 18.0 Å². The van der Waals surface area contributed by atoms with E-state index < -0.39 is 0 Å². The first-order chi connectivity index (χ1) is 10.5. The number of anilines is 1. The van der Waals surface area contributed by atoms with Crippen molar-refractivity contribution in [2.24, 2.45) is 11.8 Å². The third kappa shape index (κ3) is 4.68. The third-order valence-corrected chi connectivity index (χ3v) is 4.02. The summed E-state index contributed by atoms with van der Waals surface area (Å²) in [5.74, 6) is 2.22. The molecule has 0 bridgehead atoms. The molecule has 0 spiro atoms. The van der Waals surface area contributed by atoms with Crippen LogP contribution in [-0.4, -0.2) is 35.0 Å². The standard InChI is InChI=1S/C17H28N4O.H2/c1-12(2)9-14-5-7-21(8-6-14)17-18-10-15(11-19-17)16(22)20-13(3)4;/h10-14H,5-9H2,1-4H3,(H,20,22);1H. The Bertz CT molecular complexity index is 482. The molecular weight excluding hydrogens is 276 g/mol. The summed E-state index contributed by atoms with van der Waals surface area (Å²) in [5, 5.41) is 2.85. The lowest BCUT2D eigenvalue weighted by atomic mass is 9.89. The van der Waals surface area contributed by atoms with Crippen LogP contribution in [0.1, 0.15) is 58.7 Å². The summed E-state index contributed by atoms with van der Waals surface area (Å²) >= 11 is 0. The molecule has 2 heterocycles. The minimum absolute atomic E-state index is 0. The maximum Gasteiger partial charge on any atom is 0.254 e. The molecule has 0 radical (unpaired) electrons. The zero-order valence-corrected chi connectivity index (χ0v) is 14.2. The quantitative estimate of drug-likeness (QED) is 0.908. The highest BCUT2D eigenvalue weighted by molar-refractivity contribution is 5.93. The fourth-order valence-corrected chi connectivity index (χ4v) is 2.98. The predicted molar refractivity (Wildman–Crippen MR) is 91.1 cm³/mol. The van der Waals surface area contributed by atoms with Gasteiger partial charge < -0.3 is 10.2 Å². The van der Waals surface area contributed by atoms with E-state index in [0.29, 0.717) is 5.56 Å². The number of piperidine rings is 1. The Morgan fingerprint density at radius 3 is 2.36 bits per heavy atom. The topological polar surface area (TPSA) is 58.1 Å². The van der Waals surface area contributed by atoms with Gasteiger partial charge in [0.1, 0.15) is 0 Å². The predicted octanol–water partition coefficient (Wildman–Crippen LogP) is 3.12. The van der Waals surface area contributed by atoms with E-state index in [-0.39, 0.29) is 13.4 Å². The molecule has 1 aromatic rings. The summed E-state index contributed by atoms with van der Waals surface area (Å²) in [4.78, 5) is 22.8. The van der Waals surface area contributed by atoms with Gasteiger partial charge in [-0.2, -0.15) is 0 Å². The van der Waals surface area contributed by atoms with Crippen LogP contribution in [0.2, 0.25) is 0 Å². The Kier molecular flexibility index (Phi) is 5.75. The Labute approximate surface area is 135 Å². The van der Waals surface area contributed by atoms with Crippen molar-refractivity contribution in [3.8, 4) is 0 Å². The van der Waals surface area contributed by atoms with Crippen LogP contribution in [-0.2, 0) is 0 Å². The van der Waals surface area contributed by atoms with E-state index in [1.54, 1.807) is 12.4 Å². The summed E-state index contributed by atoms with van der Waals surface area (Å²) < 4.78 is 0. The minimum atomic E-state index is -0.114. The molecule has 0 aliphatic carbocycles. The third-order valence-electron chi connectivity index (χ3n) is 4.02. The highest BCUT2D eigenvalue weighted by atomic mass is 16.1. The van der Waals surface area contributed by atoms with Crippen molar-refractivity contribution in [3.63, 3.8) is 0 Å². The van der Waals surface area contributed by atoms with Crippen LogP contribution in [0.25, 0.3) is 0 Å². The number of amides is 1. The molecule has 0 atom stereocenters. The lowest BCUT2D eigenvalue weighted by Crippen LogP contribution is -2.35. The van der Waals surface area contributed by atoms with Gasteiger partial charge in [0.05, 0.1) is 5.56 Å². The van der Waals surface area contributed by atoms with E-state index in [4.69, 9.17) is 0 Å². The normalized spacial score (nSPS) is 16.4. The zero-order chi connectivity index (χ0) is 16.1. The van der Waals surface area contributed by atoms with Crippen molar-refractivity contribution < 1.29 is 6.22 Å². The monoisotopic (exact) mass is 306 g/mol. The van der Waals surface area contributed by atoms with Crippen molar-refractivity contribution in [1.29, 1.82) is 0 Å². The van der Waals surface area contributed by atoms with Crippen molar-refractivity contribution in [1.82, 2.24) is 15.3 Å². The van der Waals surface area contributed by atoms with Gasteiger partial charge >= 0.3 is 0 Å². The van der Waals surface area contributed by atoms with E-state index in [1.165, 1.54) is 19.3 Å². The van der Waals surface area contributed by atoms with Crippen molar-refractivity contribution in [3.05, 3.63) is 18.0 Å². The molecule has 1 saturated heterocycles. The number of nitrogens with one attached hydrogen (secondary N) is 1. The number of nitrogens with zero attached hydrogens (tertiary/aromatic N) is 3. The molecule has 1 N–H and O–H groups in total. The van der Waals surface area contributed by atoms with E-state index in [1.807, 2.05) is 13.8 Å². The fraction of sp³-hybridized carbons (Fsp3) is 0.706. The zero-order valence-electron chi connectivity index (χ0n) is 14.2. The lowest BCUT2D eigenvalue weighted by Gasteiger charge is -2.32. The number of hydrogen-bond acceptors (Lipinski definition) is 4. The van der Waals surface area contributed by atoms with Crippen LogP contribution in [0.5, 0.6) is 0 Å². The first-order valence-electron chi connectivity index (χ1n) is 8.33. The highest BCUT2D eigenvalue weighted by Gasteiger charge is 2.21. The molecule has 1 aromatic heterocycles. The van der Waals surface area contributed by atoms with E-state index in [9.17, 15) is 4.79 Å². The van der Waals surface area contributed by atoms with Crippen LogP contribution in [0.4, 0.5) is 5.95 Å². The molecule has 1 aliphatic rings. The molecule has 22 heavy (non-hydrogen) atoms. The molecular formula is C17H30N4O. The molecule has 5 heteroatoms. The van der Waals surface area contributed by atoms with Gasteiger partial charge in [0.25, 0.3) is 5.91 Å². The van der Waals surface area contributed by atoms with Gasteiger partial charge in [0, 0.05) is 33.0 Å². The molecule has 0 saturated carbocycles. The van der Waals surface area contributed by atoms with Gasteiger partial charge in [-0.1, -0.05) is 13.8 Å². The molecule has 2 rings (SSSR count). The summed E-state index contributed by atoms with van der Waals surface area (Å²) in [6.07, 6.45) is 6.97. The fourth-order valence-electron chi connectivity index (χ4n) is 2.98. The smallest absolute Gasteiger partial charge is 0.254 e. The lowest BCUT2D eigenvalue weighted by molar-refractivity contribution is 0.0942. The van der Waals surface area contributed by atoms with Gasteiger partial charge in [0.15, 0.2) is 0 Å². The van der Waals surface area contributed by atoms with Crippen LogP contribution < -0.4 is 10.2 Å². The molecule has 0 aromatic carbocycles. The minimum Gasteiger partial charge on any atom is -0.350 e. The first-order valence-corrected chi connectivity index (χ1v) is 8.33. The van der Waals surface area contributed by atoms with E-state index >= 15 is 0 Å². The molecule has 5 nitrogen and oxygen atoms in total. The average Bonchev–Trinajstić information content (AvgIpc) is 2.47. The van der Waals surface area contributed by atoms with Crippen LogP contribution in [0.15, 0.2) is 12.4 Å². The summed E-state index contributed by atoms with van der Waals surface area (Å²) in [6.45, 7) is 10.5. The Balaban J connectivity index is 0.00000264. The van der Waals surface area contributed by atoms with Gasteiger partial charge in [-0.3, -0.25) is 4.79 Å². The van der Waals surface area contributed by atoms with Crippen molar-refractivity contribution >= 4 is 11.9 Å². The average molecular weight is 306 g/mol. The number of carbonyl (C=O) groups excluding carboxylic acids is 1. The summed E-state index contributed by atoms with van der Waals surface area (Å²) in [6, 6.07) is 0.118. The molecule has 124 valence electrons. The number of hydrogen-bond donors (Lipinski definition) is 1. The van der Waals surface area contributed by atoms with E-state index in [0.717, 1.165) is 30.9 Å². The number of carbonyl (C=O) groups is 1. The van der Waals surface area contributed by atoms with E-state index in [2.05, 4.69) is 34.0 Å². The maximum atomic E-state index is 11.9. The highest BCUT2D eigenvalue weighted by Crippen LogP contribution is 2.25. The van der Waals surface area contributed by atoms with Gasteiger partial charge in [-0.15, -0.1) is 0 Å². The second-order valence-corrected chi connectivity index (χ2v) is 6.96. The second kappa shape index (κ2) is 7.56. The second-order valence-electron chi connectivity index (χ2n) is 6.96.